The van der Waals surface area contributed by atoms with Crippen LogP contribution in [0.1, 0.15) is 5.56 Å². The molecule has 7 heteroatoms. The molecule has 0 aliphatic carbocycles. The molecule has 176 valence electrons. The minimum atomic E-state index is -0.830. The van der Waals surface area contributed by atoms with Gasteiger partial charge in [-0.2, -0.15) is 0 Å². The number of benzene rings is 4. The van der Waals surface area contributed by atoms with Gasteiger partial charge in [0.05, 0.1) is 10.0 Å². The Kier molecular flexibility index (Phi) is 8.03. The Hall–Kier alpha value is -3.80. The van der Waals surface area contributed by atoms with Gasteiger partial charge in [0.2, 0.25) is 5.91 Å². The molecule has 3 amide bonds. The molecule has 4 aromatic rings. The lowest BCUT2D eigenvalue weighted by molar-refractivity contribution is -0.117. The molecule has 1 atom stereocenters. The normalized spacial score (nSPS) is 11.4. The summed E-state index contributed by atoms with van der Waals surface area (Å²) in [5.74, 6) is -0.332. The van der Waals surface area contributed by atoms with Gasteiger partial charge in [-0.3, -0.25) is 4.79 Å². The second kappa shape index (κ2) is 11.6. The molecule has 1 unspecified atom stereocenters. The van der Waals surface area contributed by atoms with E-state index >= 15 is 0 Å². The van der Waals surface area contributed by atoms with E-state index in [0.717, 1.165) is 16.7 Å². The zero-order valence-electron chi connectivity index (χ0n) is 18.7. The van der Waals surface area contributed by atoms with Crippen LogP contribution in [0, 0.1) is 0 Å². The van der Waals surface area contributed by atoms with Gasteiger partial charge in [-0.15, -0.1) is 0 Å². The fourth-order valence-corrected chi connectivity index (χ4v) is 3.94. The van der Waals surface area contributed by atoms with Crippen molar-refractivity contribution in [2.24, 2.45) is 0 Å². The Labute approximate surface area is 214 Å². The largest absolute Gasteiger partial charge is 0.326 e. The van der Waals surface area contributed by atoms with E-state index in [0.29, 0.717) is 27.8 Å². The number of para-hydroxylation sites is 1. The highest BCUT2D eigenvalue weighted by atomic mass is 35.5. The summed E-state index contributed by atoms with van der Waals surface area (Å²) in [6.45, 7) is 0. The van der Waals surface area contributed by atoms with Crippen molar-refractivity contribution >= 4 is 46.5 Å². The molecular formula is C28H23Cl2N3O2. The molecule has 0 saturated carbocycles. The maximum Gasteiger partial charge on any atom is 0.319 e. The molecule has 4 aromatic carbocycles. The van der Waals surface area contributed by atoms with E-state index in [-0.39, 0.29) is 5.91 Å². The Morgan fingerprint density at radius 2 is 1.37 bits per heavy atom. The highest BCUT2D eigenvalue weighted by Gasteiger charge is 2.22. The Balaban J connectivity index is 1.54. The molecular weight excluding hydrogens is 481 g/mol. The highest BCUT2D eigenvalue weighted by molar-refractivity contribution is 6.42. The number of halogens is 2. The van der Waals surface area contributed by atoms with E-state index in [4.69, 9.17) is 23.2 Å². The summed E-state index contributed by atoms with van der Waals surface area (Å²) in [7, 11) is 0. The number of hydrogen-bond donors (Lipinski definition) is 3. The topological polar surface area (TPSA) is 70.2 Å². The van der Waals surface area contributed by atoms with Crippen molar-refractivity contribution in [3.05, 3.63) is 119 Å². The Morgan fingerprint density at radius 3 is 2.09 bits per heavy atom. The maximum atomic E-state index is 13.4. The number of hydrogen-bond acceptors (Lipinski definition) is 2. The fraction of sp³-hybridized carbons (Fsp3) is 0.0714. The SMILES string of the molecule is O=C(Nc1ccc(Cl)c(Cl)c1)NC(Cc1ccccc1)C(=O)Nc1ccccc1-c1ccccc1. The van der Waals surface area contributed by atoms with Gasteiger partial charge in [0.25, 0.3) is 0 Å². The lowest BCUT2D eigenvalue weighted by Gasteiger charge is -2.20. The van der Waals surface area contributed by atoms with Crippen LogP contribution < -0.4 is 16.0 Å². The van der Waals surface area contributed by atoms with Gasteiger partial charge in [-0.25, -0.2) is 4.79 Å². The number of rotatable bonds is 7. The van der Waals surface area contributed by atoms with Gasteiger partial charge in [-0.05, 0) is 35.4 Å². The highest BCUT2D eigenvalue weighted by Crippen LogP contribution is 2.28. The third kappa shape index (κ3) is 6.63. The van der Waals surface area contributed by atoms with E-state index in [1.54, 1.807) is 18.2 Å². The van der Waals surface area contributed by atoms with Crippen LogP contribution in [-0.2, 0) is 11.2 Å². The number of urea groups is 1. The predicted molar refractivity (Wildman–Crippen MR) is 143 cm³/mol. The van der Waals surface area contributed by atoms with Crippen LogP contribution in [0.25, 0.3) is 11.1 Å². The summed E-state index contributed by atoms with van der Waals surface area (Å²) < 4.78 is 0. The zero-order valence-corrected chi connectivity index (χ0v) is 20.2. The van der Waals surface area contributed by atoms with E-state index < -0.39 is 12.1 Å². The van der Waals surface area contributed by atoms with Crippen molar-refractivity contribution in [1.29, 1.82) is 0 Å². The summed E-state index contributed by atoms with van der Waals surface area (Å²) in [4.78, 5) is 26.2. The Bertz CT molecular complexity index is 1310. The number of nitrogens with one attached hydrogen (secondary N) is 3. The first-order valence-corrected chi connectivity index (χ1v) is 11.8. The molecule has 0 aromatic heterocycles. The fourth-order valence-electron chi connectivity index (χ4n) is 3.64. The van der Waals surface area contributed by atoms with Gasteiger partial charge in [0.1, 0.15) is 6.04 Å². The van der Waals surface area contributed by atoms with Gasteiger partial charge in [0, 0.05) is 23.4 Å². The first kappa shape index (κ1) is 24.3. The zero-order chi connectivity index (χ0) is 24.6. The van der Waals surface area contributed by atoms with Crippen LogP contribution in [0.2, 0.25) is 10.0 Å². The average molecular weight is 504 g/mol. The molecule has 4 rings (SSSR count). The molecule has 0 saturated heterocycles. The molecule has 5 nitrogen and oxygen atoms in total. The minimum Gasteiger partial charge on any atom is -0.326 e. The first-order valence-electron chi connectivity index (χ1n) is 11.0. The van der Waals surface area contributed by atoms with Gasteiger partial charge in [-0.1, -0.05) is 102 Å². The molecule has 3 N–H and O–H groups in total. The molecule has 0 aliphatic rings. The molecule has 0 radical (unpaired) electrons. The summed E-state index contributed by atoms with van der Waals surface area (Å²) in [5.41, 5.74) is 3.91. The summed E-state index contributed by atoms with van der Waals surface area (Å²) in [6.07, 6.45) is 0.314. The van der Waals surface area contributed by atoms with Crippen LogP contribution in [0.4, 0.5) is 16.2 Å². The molecule has 0 spiro atoms. The minimum absolute atomic E-state index is 0.314. The molecule has 0 heterocycles. The third-order valence-electron chi connectivity index (χ3n) is 5.35. The smallest absolute Gasteiger partial charge is 0.319 e. The molecule has 35 heavy (non-hydrogen) atoms. The van der Waals surface area contributed by atoms with E-state index in [1.807, 2.05) is 84.9 Å². The van der Waals surface area contributed by atoms with Crippen LogP contribution in [0.15, 0.2) is 103 Å². The molecule has 0 fully saturated rings. The second-order valence-electron chi connectivity index (χ2n) is 7.87. The second-order valence-corrected chi connectivity index (χ2v) is 8.68. The number of carbonyl (C=O) groups excluding carboxylic acids is 2. The number of carbonyl (C=O) groups is 2. The Morgan fingerprint density at radius 1 is 0.714 bits per heavy atom. The van der Waals surface area contributed by atoms with Crippen LogP contribution in [0.3, 0.4) is 0 Å². The lowest BCUT2D eigenvalue weighted by Crippen LogP contribution is -2.47. The lowest BCUT2D eigenvalue weighted by atomic mass is 10.0. The van der Waals surface area contributed by atoms with Crippen molar-refractivity contribution in [2.75, 3.05) is 10.6 Å². The third-order valence-corrected chi connectivity index (χ3v) is 6.09. The molecule has 0 bridgehead atoms. The van der Waals surface area contributed by atoms with E-state index in [2.05, 4.69) is 16.0 Å². The summed E-state index contributed by atoms with van der Waals surface area (Å²) in [5, 5.41) is 9.20. The predicted octanol–water partition coefficient (Wildman–Crippen LogP) is 7.03. The van der Waals surface area contributed by atoms with Gasteiger partial charge in [0.15, 0.2) is 0 Å². The number of anilines is 2. The van der Waals surface area contributed by atoms with Crippen LogP contribution in [0.5, 0.6) is 0 Å². The summed E-state index contributed by atoms with van der Waals surface area (Å²) >= 11 is 12.0. The van der Waals surface area contributed by atoms with Crippen molar-refractivity contribution in [2.45, 2.75) is 12.5 Å². The van der Waals surface area contributed by atoms with Gasteiger partial charge >= 0.3 is 6.03 Å². The summed E-state index contributed by atoms with van der Waals surface area (Å²) in [6, 6.07) is 30.3. The van der Waals surface area contributed by atoms with Crippen LogP contribution >= 0.6 is 23.2 Å². The first-order chi connectivity index (χ1) is 17.0. The monoisotopic (exact) mass is 503 g/mol. The van der Waals surface area contributed by atoms with Crippen molar-refractivity contribution < 1.29 is 9.59 Å². The van der Waals surface area contributed by atoms with Crippen molar-refractivity contribution in [1.82, 2.24) is 5.32 Å². The average Bonchev–Trinajstić information content (AvgIpc) is 2.87. The maximum absolute atomic E-state index is 13.4. The standard InChI is InChI=1S/C28H23Cl2N3O2/c29-23-16-15-21(18-24(23)30)31-28(35)33-26(17-19-9-3-1-4-10-19)27(34)32-25-14-8-7-13-22(25)20-11-5-2-6-12-20/h1-16,18,26H,17H2,(H,32,34)(H2,31,33,35). The van der Waals surface area contributed by atoms with Crippen LogP contribution in [-0.4, -0.2) is 18.0 Å². The quantitative estimate of drug-likeness (QED) is 0.253. The van der Waals surface area contributed by atoms with E-state index in [1.165, 1.54) is 0 Å². The van der Waals surface area contributed by atoms with Gasteiger partial charge < -0.3 is 16.0 Å². The number of amides is 3. The van der Waals surface area contributed by atoms with E-state index in [9.17, 15) is 9.59 Å². The van der Waals surface area contributed by atoms with Crippen molar-refractivity contribution in [3.8, 4) is 11.1 Å². The van der Waals surface area contributed by atoms with Crippen molar-refractivity contribution in [3.63, 3.8) is 0 Å². The molecule has 0 aliphatic heterocycles.